The summed E-state index contributed by atoms with van der Waals surface area (Å²) in [6.07, 6.45) is 2.40. The first kappa shape index (κ1) is 24.4. The molecule has 2 aromatic carbocycles. The molecule has 2 heterocycles. The summed E-state index contributed by atoms with van der Waals surface area (Å²) in [5.74, 6) is -0.402. The molecule has 0 spiro atoms. The SMILES string of the molecule is Cc1ccc(CNC(=O)C2CCCN2C(=O)C2CCN(S(=O)(=O)c3ccc(C)cc3)CC2)cc1. The summed E-state index contributed by atoms with van der Waals surface area (Å²) in [5, 5.41) is 2.98. The van der Waals surface area contributed by atoms with Crippen LogP contribution in [0.1, 0.15) is 42.4 Å². The largest absolute Gasteiger partial charge is 0.350 e. The van der Waals surface area contributed by atoms with Crippen molar-refractivity contribution in [3.05, 3.63) is 65.2 Å². The monoisotopic (exact) mass is 483 g/mol. The van der Waals surface area contributed by atoms with Crippen LogP contribution in [0.3, 0.4) is 0 Å². The maximum Gasteiger partial charge on any atom is 0.243 e. The number of aryl methyl sites for hydroxylation is 2. The number of hydrogen-bond acceptors (Lipinski definition) is 4. The first-order valence-electron chi connectivity index (χ1n) is 12.0. The molecule has 1 atom stereocenters. The molecule has 2 aromatic rings. The number of piperidine rings is 1. The number of nitrogens with one attached hydrogen (secondary N) is 1. The van der Waals surface area contributed by atoms with Crippen LogP contribution in [0.5, 0.6) is 0 Å². The first-order valence-corrected chi connectivity index (χ1v) is 13.4. The van der Waals surface area contributed by atoms with Crippen molar-refractivity contribution >= 4 is 21.8 Å². The van der Waals surface area contributed by atoms with Gasteiger partial charge in [-0.15, -0.1) is 0 Å². The molecule has 1 unspecified atom stereocenters. The number of sulfonamides is 1. The van der Waals surface area contributed by atoms with Gasteiger partial charge in [-0.2, -0.15) is 4.31 Å². The summed E-state index contributed by atoms with van der Waals surface area (Å²) >= 11 is 0. The van der Waals surface area contributed by atoms with Gasteiger partial charge in [0.1, 0.15) is 6.04 Å². The van der Waals surface area contributed by atoms with Crippen LogP contribution >= 0.6 is 0 Å². The van der Waals surface area contributed by atoms with E-state index in [0.29, 0.717) is 45.4 Å². The molecule has 34 heavy (non-hydrogen) atoms. The lowest BCUT2D eigenvalue weighted by molar-refractivity contribution is -0.142. The van der Waals surface area contributed by atoms with Gasteiger partial charge in [0, 0.05) is 32.1 Å². The van der Waals surface area contributed by atoms with E-state index in [-0.39, 0.29) is 22.6 Å². The van der Waals surface area contributed by atoms with E-state index < -0.39 is 16.1 Å². The highest BCUT2D eigenvalue weighted by atomic mass is 32.2. The van der Waals surface area contributed by atoms with Crippen molar-refractivity contribution in [3.8, 4) is 0 Å². The minimum atomic E-state index is -3.56. The van der Waals surface area contributed by atoms with Crippen LogP contribution in [-0.2, 0) is 26.2 Å². The second kappa shape index (κ2) is 10.3. The Labute approximate surface area is 202 Å². The third kappa shape index (κ3) is 5.33. The molecule has 0 saturated carbocycles. The van der Waals surface area contributed by atoms with E-state index in [9.17, 15) is 18.0 Å². The van der Waals surface area contributed by atoms with Crippen molar-refractivity contribution in [2.24, 2.45) is 5.92 Å². The topological polar surface area (TPSA) is 86.8 Å². The smallest absolute Gasteiger partial charge is 0.243 e. The zero-order chi connectivity index (χ0) is 24.3. The Bertz CT molecular complexity index is 1120. The van der Waals surface area contributed by atoms with Gasteiger partial charge in [0.15, 0.2) is 0 Å². The van der Waals surface area contributed by atoms with Gasteiger partial charge in [0.2, 0.25) is 21.8 Å². The van der Waals surface area contributed by atoms with Crippen molar-refractivity contribution in [1.29, 1.82) is 0 Å². The molecular weight excluding hydrogens is 450 g/mol. The zero-order valence-electron chi connectivity index (χ0n) is 19.9. The number of benzene rings is 2. The second-order valence-corrected chi connectivity index (χ2v) is 11.3. The molecule has 2 saturated heterocycles. The van der Waals surface area contributed by atoms with Crippen molar-refractivity contribution in [3.63, 3.8) is 0 Å². The van der Waals surface area contributed by atoms with Crippen molar-refractivity contribution in [2.75, 3.05) is 19.6 Å². The summed E-state index contributed by atoms with van der Waals surface area (Å²) in [7, 11) is -3.56. The summed E-state index contributed by atoms with van der Waals surface area (Å²) in [5.41, 5.74) is 3.20. The molecule has 0 bridgehead atoms. The molecule has 4 rings (SSSR count). The summed E-state index contributed by atoms with van der Waals surface area (Å²) in [6, 6.07) is 14.4. The fourth-order valence-electron chi connectivity index (χ4n) is 4.75. The lowest BCUT2D eigenvalue weighted by Gasteiger charge is -2.34. The molecule has 182 valence electrons. The first-order chi connectivity index (χ1) is 16.3. The average molecular weight is 484 g/mol. The highest BCUT2D eigenvalue weighted by Crippen LogP contribution is 2.28. The Kier molecular flexibility index (Phi) is 7.38. The third-order valence-corrected chi connectivity index (χ3v) is 8.80. The number of nitrogens with zero attached hydrogens (tertiary/aromatic N) is 2. The minimum absolute atomic E-state index is 0.0274. The van der Waals surface area contributed by atoms with Gasteiger partial charge in [0.05, 0.1) is 4.90 Å². The van der Waals surface area contributed by atoms with E-state index in [2.05, 4.69) is 5.32 Å². The quantitative estimate of drug-likeness (QED) is 0.684. The van der Waals surface area contributed by atoms with Crippen LogP contribution in [0.2, 0.25) is 0 Å². The highest BCUT2D eigenvalue weighted by molar-refractivity contribution is 7.89. The zero-order valence-corrected chi connectivity index (χ0v) is 20.7. The molecular formula is C26H33N3O4S. The maximum absolute atomic E-state index is 13.3. The lowest BCUT2D eigenvalue weighted by atomic mass is 9.96. The fourth-order valence-corrected chi connectivity index (χ4v) is 6.22. The normalized spacial score (nSPS) is 19.8. The molecule has 2 aliphatic rings. The van der Waals surface area contributed by atoms with Gasteiger partial charge in [0.25, 0.3) is 0 Å². The molecule has 2 amide bonds. The van der Waals surface area contributed by atoms with Crippen LogP contribution in [0.4, 0.5) is 0 Å². The Morgan fingerprint density at radius 2 is 1.47 bits per heavy atom. The molecule has 2 aliphatic heterocycles. The number of likely N-dealkylation sites (tertiary alicyclic amines) is 1. The Hall–Kier alpha value is -2.71. The fraction of sp³-hybridized carbons (Fsp3) is 0.462. The highest BCUT2D eigenvalue weighted by Gasteiger charge is 2.39. The predicted octanol–water partition coefficient (Wildman–Crippen LogP) is 3.01. The van der Waals surface area contributed by atoms with E-state index in [1.165, 1.54) is 9.87 Å². The van der Waals surface area contributed by atoms with Crippen LogP contribution in [0, 0.1) is 19.8 Å². The molecule has 1 N–H and O–H groups in total. The Balaban J connectivity index is 1.33. The molecule has 7 nitrogen and oxygen atoms in total. The third-order valence-electron chi connectivity index (χ3n) is 6.89. The van der Waals surface area contributed by atoms with Crippen LogP contribution < -0.4 is 5.32 Å². The summed E-state index contributed by atoms with van der Waals surface area (Å²) in [6.45, 7) is 5.57. The predicted molar refractivity (Wildman–Crippen MR) is 130 cm³/mol. The molecule has 0 radical (unpaired) electrons. The van der Waals surface area contributed by atoms with E-state index in [0.717, 1.165) is 17.5 Å². The summed E-state index contributed by atoms with van der Waals surface area (Å²) < 4.78 is 27.4. The van der Waals surface area contributed by atoms with E-state index in [1.807, 2.05) is 38.1 Å². The van der Waals surface area contributed by atoms with E-state index in [4.69, 9.17) is 0 Å². The van der Waals surface area contributed by atoms with Gasteiger partial charge in [-0.25, -0.2) is 8.42 Å². The number of amides is 2. The maximum atomic E-state index is 13.3. The van der Waals surface area contributed by atoms with Crippen molar-refractivity contribution in [2.45, 2.75) is 57.0 Å². The van der Waals surface area contributed by atoms with Crippen molar-refractivity contribution in [1.82, 2.24) is 14.5 Å². The van der Waals surface area contributed by atoms with Gasteiger partial charge in [-0.05, 0) is 57.2 Å². The molecule has 2 fully saturated rings. The second-order valence-electron chi connectivity index (χ2n) is 9.38. The summed E-state index contributed by atoms with van der Waals surface area (Å²) in [4.78, 5) is 28.1. The Morgan fingerprint density at radius 3 is 2.09 bits per heavy atom. The van der Waals surface area contributed by atoms with E-state index in [1.54, 1.807) is 29.2 Å². The average Bonchev–Trinajstić information content (AvgIpc) is 3.33. The number of rotatable bonds is 6. The van der Waals surface area contributed by atoms with Gasteiger partial charge in [-0.3, -0.25) is 9.59 Å². The van der Waals surface area contributed by atoms with Crippen LogP contribution in [-0.4, -0.2) is 55.1 Å². The number of carbonyl (C=O) groups is 2. The van der Waals surface area contributed by atoms with Crippen LogP contribution in [0.25, 0.3) is 0 Å². The van der Waals surface area contributed by atoms with Gasteiger partial charge in [-0.1, -0.05) is 47.5 Å². The molecule has 8 heteroatoms. The van der Waals surface area contributed by atoms with Gasteiger partial charge >= 0.3 is 0 Å². The molecule has 0 aliphatic carbocycles. The molecule has 0 aromatic heterocycles. The van der Waals surface area contributed by atoms with Crippen molar-refractivity contribution < 1.29 is 18.0 Å². The number of hydrogen-bond donors (Lipinski definition) is 1. The van der Waals surface area contributed by atoms with Crippen LogP contribution in [0.15, 0.2) is 53.4 Å². The number of carbonyl (C=O) groups excluding carboxylic acids is 2. The van der Waals surface area contributed by atoms with E-state index >= 15 is 0 Å². The minimum Gasteiger partial charge on any atom is -0.350 e. The standard InChI is InChI=1S/C26H33N3O4S/c1-19-5-9-21(10-6-19)18-27-25(30)24-4-3-15-29(24)26(31)22-13-16-28(17-14-22)34(32,33)23-11-7-20(2)8-12-23/h5-12,22,24H,3-4,13-18H2,1-2H3,(H,27,30). The Morgan fingerprint density at radius 1 is 0.882 bits per heavy atom. The van der Waals surface area contributed by atoms with Gasteiger partial charge < -0.3 is 10.2 Å². The lowest BCUT2D eigenvalue weighted by Crippen LogP contribution is -2.49.